The molecule has 0 unspecified atom stereocenters. The lowest BCUT2D eigenvalue weighted by atomic mass is 10.1. The molecule has 23 heavy (non-hydrogen) atoms. The number of hydrogen-bond acceptors (Lipinski definition) is 5. The van der Waals surface area contributed by atoms with E-state index in [4.69, 9.17) is 48.4 Å². The molecule has 0 amide bonds. The lowest BCUT2D eigenvalue weighted by molar-refractivity contribution is 0.414. The average molecular weight is 374 g/mol. The second-order valence-electron chi connectivity index (χ2n) is 4.73. The molecule has 0 aliphatic carbocycles. The predicted molar refractivity (Wildman–Crippen MR) is 90.0 cm³/mol. The molecule has 5 nitrogen and oxygen atoms in total. The molecule has 2 aromatic heterocycles. The number of nitrogens with zero attached hydrogens (tertiary/aromatic N) is 2. The summed E-state index contributed by atoms with van der Waals surface area (Å²) in [5.41, 5.74) is 1.72. The van der Waals surface area contributed by atoms with Crippen LogP contribution >= 0.6 is 34.8 Å². The van der Waals surface area contributed by atoms with Crippen molar-refractivity contribution in [2.24, 2.45) is 0 Å². The first-order chi connectivity index (χ1) is 10.9. The summed E-state index contributed by atoms with van der Waals surface area (Å²) in [6.45, 7) is 1.96. The maximum absolute atomic E-state index is 5.80. The summed E-state index contributed by atoms with van der Waals surface area (Å²) in [7, 11) is 1.61. The van der Waals surface area contributed by atoms with Crippen molar-refractivity contribution in [3.05, 3.63) is 41.3 Å². The maximum Gasteiger partial charge on any atom is 0.268 e. The zero-order chi connectivity index (χ0) is 16.6. The van der Waals surface area contributed by atoms with Crippen molar-refractivity contribution in [1.82, 2.24) is 10.2 Å². The van der Waals surface area contributed by atoms with Crippen molar-refractivity contribution in [2.45, 2.75) is 10.7 Å². The highest BCUT2D eigenvalue weighted by molar-refractivity contribution is 6.66. The van der Waals surface area contributed by atoms with E-state index in [0.717, 1.165) is 22.3 Å². The van der Waals surface area contributed by atoms with Gasteiger partial charge in [-0.2, -0.15) is 0 Å². The number of methoxy groups -OCH3 is 1. The van der Waals surface area contributed by atoms with Crippen LogP contribution in [0.2, 0.25) is 0 Å². The topological polar surface area (TPSA) is 61.3 Å². The van der Waals surface area contributed by atoms with Crippen molar-refractivity contribution < 1.29 is 13.6 Å². The molecular formula is C15H11Cl3N2O3. The average Bonchev–Trinajstić information content (AvgIpc) is 3.10. The van der Waals surface area contributed by atoms with Gasteiger partial charge in [-0.15, -0.1) is 10.2 Å². The van der Waals surface area contributed by atoms with Crippen LogP contribution in [-0.2, 0) is 3.79 Å². The molecule has 3 rings (SSSR count). The standard InChI is InChI=1S/C15H11Cl3N2O3/c1-8-10-4-3-9(21-2)7-12(10)22-11(8)5-6-13-19-20-14(23-13)15(16,17)18/h3-7H,1-2H3. The highest BCUT2D eigenvalue weighted by Crippen LogP contribution is 2.37. The molecule has 0 aliphatic rings. The van der Waals surface area contributed by atoms with Gasteiger partial charge in [-0.1, -0.05) is 34.8 Å². The molecule has 2 heterocycles. The summed E-state index contributed by atoms with van der Waals surface area (Å²) in [6, 6.07) is 5.65. The molecule has 0 radical (unpaired) electrons. The van der Waals surface area contributed by atoms with Gasteiger partial charge in [0, 0.05) is 23.1 Å². The third kappa shape index (κ3) is 3.32. The van der Waals surface area contributed by atoms with Gasteiger partial charge in [-0.05, 0) is 25.1 Å². The normalized spacial score (nSPS) is 12.4. The highest BCUT2D eigenvalue weighted by atomic mass is 35.6. The molecule has 0 atom stereocenters. The third-order valence-electron chi connectivity index (χ3n) is 3.24. The van der Waals surface area contributed by atoms with E-state index in [1.807, 2.05) is 25.1 Å². The molecule has 0 bridgehead atoms. The largest absolute Gasteiger partial charge is 0.497 e. The van der Waals surface area contributed by atoms with Crippen molar-refractivity contribution in [3.8, 4) is 5.75 Å². The summed E-state index contributed by atoms with van der Waals surface area (Å²) in [5, 5.41) is 8.47. The molecule has 0 saturated carbocycles. The Kier molecular flexibility index (Phi) is 4.27. The molecule has 0 N–H and O–H groups in total. The lowest BCUT2D eigenvalue weighted by Crippen LogP contribution is -1.99. The smallest absolute Gasteiger partial charge is 0.268 e. The second-order valence-corrected chi connectivity index (χ2v) is 7.01. The van der Waals surface area contributed by atoms with Gasteiger partial charge >= 0.3 is 0 Å². The van der Waals surface area contributed by atoms with Gasteiger partial charge in [0.1, 0.15) is 17.1 Å². The number of aromatic nitrogens is 2. The summed E-state index contributed by atoms with van der Waals surface area (Å²) in [5.74, 6) is 1.52. The number of rotatable bonds is 3. The van der Waals surface area contributed by atoms with Crippen molar-refractivity contribution in [3.63, 3.8) is 0 Å². The van der Waals surface area contributed by atoms with Crippen molar-refractivity contribution in [1.29, 1.82) is 0 Å². The van der Waals surface area contributed by atoms with Crippen LogP contribution < -0.4 is 4.74 Å². The Hall–Kier alpha value is -1.69. The van der Waals surface area contributed by atoms with Gasteiger partial charge < -0.3 is 13.6 Å². The van der Waals surface area contributed by atoms with Gasteiger partial charge in [0.25, 0.3) is 9.68 Å². The third-order valence-corrected chi connectivity index (χ3v) is 3.73. The van der Waals surface area contributed by atoms with E-state index in [-0.39, 0.29) is 11.8 Å². The number of halogens is 3. The Balaban J connectivity index is 1.91. The van der Waals surface area contributed by atoms with Crippen LogP contribution in [0, 0.1) is 6.92 Å². The van der Waals surface area contributed by atoms with Crippen molar-refractivity contribution >= 4 is 57.9 Å². The van der Waals surface area contributed by atoms with E-state index in [2.05, 4.69) is 10.2 Å². The molecule has 3 aromatic rings. The minimum absolute atomic E-state index is 0.0896. The summed E-state index contributed by atoms with van der Waals surface area (Å²) in [4.78, 5) is 0. The fraction of sp³-hybridized carbons (Fsp3) is 0.200. The lowest BCUT2D eigenvalue weighted by Gasteiger charge is -2.01. The number of alkyl halides is 3. The van der Waals surface area contributed by atoms with E-state index in [9.17, 15) is 0 Å². The Labute approximate surface area is 146 Å². The van der Waals surface area contributed by atoms with E-state index in [0.29, 0.717) is 5.76 Å². The zero-order valence-electron chi connectivity index (χ0n) is 12.1. The number of furan rings is 1. The quantitative estimate of drug-likeness (QED) is 0.596. The van der Waals surface area contributed by atoms with Crippen LogP contribution in [0.3, 0.4) is 0 Å². The fourth-order valence-corrected chi connectivity index (χ4v) is 2.30. The van der Waals surface area contributed by atoms with Crippen molar-refractivity contribution in [2.75, 3.05) is 7.11 Å². The molecule has 8 heteroatoms. The molecule has 0 aliphatic heterocycles. The summed E-state index contributed by atoms with van der Waals surface area (Å²) < 4.78 is 14.5. The molecule has 1 aromatic carbocycles. The van der Waals surface area contributed by atoms with E-state index in [1.165, 1.54) is 0 Å². The predicted octanol–water partition coefficient (Wildman–Crippen LogP) is 5.13. The molecule has 120 valence electrons. The number of hydrogen-bond donors (Lipinski definition) is 0. The number of ether oxygens (including phenoxy) is 1. The SMILES string of the molecule is COc1ccc2c(C)c(C=Cc3nnc(C(Cl)(Cl)Cl)o3)oc2c1. The van der Waals surface area contributed by atoms with Crippen LogP contribution in [0.4, 0.5) is 0 Å². The Morgan fingerprint density at radius 1 is 1.13 bits per heavy atom. The Morgan fingerprint density at radius 3 is 2.57 bits per heavy atom. The van der Waals surface area contributed by atoms with Gasteiger partial charge in [-0.25, -0.2) is 0 Å². The monoisotopic (exact) mass is 372 g/mol. The molecule has 0 saturated heterocycles. The second kappa shape index (κ2) is 6.07. The zero-order valence-corrected chi connectivity index (χ0v) is 14.4. The summed E-state index contributed by atoms with van der Waals surface area (Å²) in [6.07, 6.45) is 3.31. The van der Waals surface area contributed by atoms with Gasteiger partial charge in [0.05, 0.1) is 7.11 Å². The molecular weight excluding hydrogens is 363 g/mol. The number of fused-ring (bicyclic) bond motifs is 1. The number of benzene rings is 1. The van der Waals surface area contributed by atoms with Crippen LogP contribution in [0.25, 0.3) is 23.1 Å². The minimum atomic E-state index is -1.75. The van der Waals surface area contributed by atoms with E-state index >= 15 is 0 Å². The van der Waals surface area contributed by atoms with Gasteiger partial charge in [0.2, 0.25) is 5.89 Å². The van der Waals surface area contributed by atoms with Crippen LogP contribution in [0.1, 0.15) is 23.1 Å². The van der Waals surface area contributed by atoms with Gasteiger partial charge in [-0.3, -0.25) is 0 Å². The van der Waals surface area contributed by atoms with Crippen LogP contribution in [0.15, 0.2) is 27.0 Å². The first-order valence-electron chi connectivity index (χ1n) is 6.54. The highest BCUT2D eigenvalue weighted by Gasteiger charge is 2.29. The van der Waals surface area contributed by atoms with Gasteiger partial charge in [0.15, 0.2) is 0 Å². The molecule has 0 spiro atoms. The minimum Gasteiger partial charge on any atom is -0.497 e. The Bertz CT molecular complexity index is 878. The maximum atomic E-state index is 5.80. The van der Waals surface area contributed by atoms with Crippen LogP contribution in [-0.4, -0.2) is 17.3 Å². The van der Waals surface area contributed by atoms with E-state index in [1.54, 1.807) is 19.3 Å². The Morgan fingerprint density at radius 2 is 1.91 bits per heavy atom. The summed E-state index contributed by atoms with van der Waals surface area (Å²) >= 11 is 17.0. The van der Waals surface area contributed by atoms with Crippen LogP contribution in [0.5, 0.6) is 5.75 Å². The molecule has 0 fully saturated rings. The first kappa shape index (κ1) is 16.2. The first-order valence-corrected chi connectivity index (χ1v) is 7.68. The number of aryl methyl sites for hydroxylation is 1. The fourth-order valence-electron chi connectivity index (χ4n) is 2.07. The van der Waals surface area contributed by atoms with E-state index < -0.39 is 3.79 Å².